The number of rotatable bonds is 4. The molecule has 0 aliphatic carbocycles. The molecule has 0 aromatic carbocycles. The number of aliphatic imine (C=N–C) groups is 1. The molecule has 0 amide bonds. The van der Waals surface area contributed by atoms with E-state index in [2.05, 4.69) is 25.8 Å². The Balaban J connectivity index is 0.00000180. The maximum atomic E-state index is 5.21. The van der Waals surface area contributed by atoms with E-state index >= 15 is 0 Å². The molecule has 0 saturated heterocycles. The Bertz CT molecular complexity index is 509. The van der Waals surface area contributed by atoms with Gasteiger partial charge in [-0.15, -0.1) is 24.0 Å². The van der Waals surface area contributed by atoms with Crippen molar-refractivity contribution in [2.45, 2.75) is 20.0 Å². The van der Waals surface area contributed by atoms with Crippen LogP contribution in [-0.2, 0) is 13.1 Å². The molecule has 19 heavy (non-hydrogen) atoms. The van der Waals surface area contributed by atoms with Crippen molar-refractivity contribution in [2.24, 2.45) is 4.99 Å². The highest BCUT2D eigenvalue weighted by Gasteiger charge is 2.04. The predicted octanol–water partition coefficient (Wildman–Crippen LogP) is 1.45. The molecule has 2 rings (SSSR count). The zero-order valence-electron chi connectivity index (χ0n) is 10.7. The Kier molecular flexibility index (Phi) is 6.33. The van der Waals surface area contributed by atoms with E-state index in [9.17, 15) is 0 Å². The topological polar surface area (TPSA) is 88.5 Å². The van der Waals surface area contributed by atoms with Crippen molar-refractivity contribution < 1.29 is 8.94 Å². The molecular weight excluding hydrogens is 361 g/mol. The van der Waals surface area contributed by atoms with Crippen molar-refractivity contribution in [1.29, 1.82) is 0 Å². The van der Waals surface area contributed by atoms with Crippen LogP contribution in [0.5, 0.6) is 0 Å². The first-order chi connectivity index (χ1) is 8.78. The van der Waals surface area contributed by atoms with Gasteiger partial charge in [0.2, 0.25) is 5.89 Å². The first kappa shape index (κ1) is 15.5. The van der Waals surface area contributed by atoms with E-state index in [0.29, 0.717) is 30.8 Å². The van der Waals surface area contributed by atoms with Crippen LogP contribution < -0.4 is 10.6 Å². The second-order valence-electron chi connectivity index (χ2n) is 3.59. The van der Waals surface area contributed by atoms with Gasteiger partial charge >= 0.3 is 0 Å². The van der Waals surface area contributed by atoms with Crippen LogP contribution in [0.25, 0.3) is 0 Å². The van der Waals surface area contributed by atoms with Gasteiger partial charge in [0.1, 0.15) is 5.76 Å². The van der Waals surface area contributed by atoms with Crippen molar-refractivity contribution in [3.8, 4) is 0 Å². The van der Waals surface area contributed by atoms with Crippen LogP contribution in [0.2, 0.25) is 0 Å². The third-order valence-electron chi connectivity index (χ3n) is 2.21. The molecule has 0 fully saturated rings. The van der Waals surface area contributed by atoms with Crippen molar-refractivity contribution in [2.75, 3.05) is 7.05 Å². The van der Waals surface area contributed by atoms with Crippen molar-refractivity contribution >= 4 is 29.9 Å². The molecular formula is C11H16IN5O2. The third-order valence-corrected chi connectivity index (χ3v) is 2.21. The summed E-state index contributed by atoms with van der Waals surface area (Å²) in [5.74, 6) is 2.62. The molecule has 0 bridgehead atoms. The van der Waals surface area contributed by atoms with Crippen LogP contribution in [0, 0.1) is 6.92 Å². The van der Waals surface area contributed by atoms with Gasteiger partial charge < -0.3 is 19.6 Å². The summed E-state index contributed by atoms with van der Waals surface area (Å²) in [5.41, 5.74) is 0. The van der Waals surface area contributed by atoms with Gasteiger partial charge in [-0.2, -0.15) is 4.98 Å². The summed E-state index contributed by atoms with van der Waals surface area (Å²) in [4.78, 5) is 8.16. The highest BCUT2D eigenvalue weighted by atomic mass is 127. The second kappa shape index (κ2) is 7.77. The van der Waals surface area contributed by atoms with Gasteiger partial charge in [-0.25, -0.2) is 0 Å². The molecule has 0 spiro atoms. The fourth-order valence-corrected chi connectivity index (χ4v) is 1.38. The Morgan fingerprint density at radius 1 is 1.37 bits per heavy atom. The van der Waals surface area contributed by atoms with Gasteiger partial charge in [0.15, 0.2) is 11.8 Å². The Hall–Kier alpha value is -1.58. The number of hydrogen-bond donors (Lipinski definition) is 2. The van der Waals surface area contributed by atoms with Gasteiger partial charge in [0, 0.05) is 7.05 Å². The lowest BCUT2D eigenvalue weighted by atomic mass is 10.4. The highest BCUT2D eigenvalue weighted by molar-refractivity contribution is 14.0. The summed E-state index contributed by atoms with van der Waals surface area (Å²) >= 11 is 0. The Morgan fingerprint density at radius 2 is 2.16 bits per heavy atom. The normalized spacial score (nSPS) is 10.9. The molecule has 2 N–H and O–H groups in total. The van der Waals surface area contributed by atoms with Crippen LogP contribution in [-0.4, -0.2) is 23.1 Å². The summed E-state index contributed by atoms with van der Waals surface area (Å²) in [6.07, 6.45) is 1.63. The fraction of sp³-hybridized carbons (Fsp3) is 0.364. The number of nitrogens with zero attached hydrogens (tertiary/aromatic N) is 3. The fourth-order valence-electron chi connectivity index (χ4n) is 1.38. The minimum Gasteiger partial charge on any atom is -0.467 e. The second-order valence-corrected chi connectivity index (χ2v) is 3.59. The molecule has 0 unspecified atom stereocenters. The maximum Gasteiger partial charge on any atom is 0.246 e. The molecule has 2 aromatic heterocycles. The minimum atomic E-state index is 0. The van der Waals surface area contributed by atoms with E-state index in [1.165, 1.54) is 0 Å². The smallest absolute Gasteiger partial charge is 0.246 e. The van der Waals surface area contributed by atoms with E-state index in [0.717, 1.165) is 5.76 Å². The standard InChI is InChI=1S/C11H15N5O2.HI/c1-8-15-10(18-16-8)7-14-11(12-2)13-6-9-4-3-5-17-9;/h3-5H,6-7H2,1-2H3,(H2,12,13,14);1H. The van der Waals surface area contributed by atoms with E-state index < -0.39 is 0 Å². The average molecular weight is 377 g/mol. The van der Waals surface area contributed by atoms with Gasteiger partial charge in [0.05, 0.1) is 19.4 Å². The van der Waals surface area contributed by atoms with E-state index in [1.807, 2.05) is 12.1 Å². The molecule has 7 nitrogen and oxygen atoms in total. The zero-order valence-corrected chi connectivity index (χ0v) is 13.0. The summed E-state index contributed by atoms with van der Waals surface area (Å²) in [6, 6.07) is 3.73. The number of furan rings is 1. The van der Waals surface area contributed by atoms with Crippen LogP contribution >= 0.6 is 24.0 Å². The number of guanidine groups is 1. The molecule has 104 valence electrons. The first-order valence-corrected chi connectivity index (χ1v) is 5.54. The van der Waals surface area contributed by atoms with Gasteiger partial charge in [-0.1, -0.05) is 5.16 Å². The number of hydrogen-bond acceptors (Lipinski definition) is 5. The van der Waals surface area contributed by atoms with Gasteiger partial charge in [-0.3, -0.25) is 4.99 Å². The molecule has 0 atom stereocenters. The lowest BCUT2D eigenvalue weighted by Gasteiger charge is -2.08. The molecule has 0 radical (unpaired) electrons. The van der Waals surface area contributed by atoms with Crippen LogP contribution in [0.15, 0.2) is 32.3 Å². The van der Waals surface area contributed by atoms with Crippen molar-refractivity contribution in [3.63, 3.8) is 0 Å². The van der Waals surface area contributed by atoms with E-state index in [4.69, 9.17) is 8.94 Å². The quantitative estimate of drug-likeness (QED) is 0.477. The van der Waals surface area contributed by atoms with Crippen molar-refractivity contribution in [1.82, 2.24) is 20.8 Å². The lowest BCUT2D eigenvalue weighted by Crippen LogP contribution is -2.36. The van der Waals surface area contributed by atoms with Crippen LogP contribution in [0.3, 0.4) is 0 Å². The van der Waals surface area contributed by atoms with Crippen LogP contribution in [0.4, 0.5) is 0 Å². The van der Waals surface area contributed by atoms with Crippen LogP contribution in [0.1, 0.15) is 17.5 Å². The number of nitrogens with one attached hydrogen (secondary N) is 2. The van der Waals surface area contributed by atoms with Gasteiger partial charge in [0.25, 0.3) is 0 Å². The third kappa shape index (κ3) is 4.89. The average Bonchev–Trinajstić information content (AvgIpc) is 3.01. The highest BCUT2D eigenvalue weighted by Crippen LogP contribution is 1.98. The first-order valence-electron chi connectivity index (χ1n) is 5.54. The Labute approximate surface area is 127 Å². The molecule has 0 aliphatic heterocycles. The number of aryl methyl sites for hydroxylation is 1. The van der Waals surface area contributed by atoms with E-state index in [1.54, 1.807) is 20.2 Å². The Morgan fingerprint density at radius 3 is 2.74 bits per heavy atom. The monoisotopic (exact) mass is 377 g/mol. The summed E-state index contributed by atoms with van der Waals surface area (Å²) < 4.78 is 10.2. The summed E-state index contributed by atoms with van der Waals surface area (Å²) in [5, 5.41) is 9.87. The summed E-state index contributed by atoms with van der Waals surface area (Å²) in [7, 11) is 1.69. The molecule has 8 heteroatoms. The predicted molar refractivity (Wildman–Crippen MR) is 80.2 cm³/mol. The molecule has 0 aliphatic rings. The van der Waals surface area contributed by atoms with Gasteiger partial charge in [-0.05, 0) is 19.1 Å². The molecule has 2 aromatic rings. The summed E-state index contributed by atoms with van der Waals surface area (Å²) in [6.45, 7) is 2.77. The molecule has 0 saturated carbocycles. The zero-order chi connectivity index (χ0) is 12.8. The largest absolute Gasteiger partial charge is 0.467 e. The maximum absolute atomic E-state index is 5.21. The number of aromatic nitrogens is 2. The lowest BCUT2D eigenvalue weighted by molar-refractivity contribution is 0.371. The van der Waals surface area contributed by atoms with E-state index in [-0.39, 0.29) is 24.0 Å². The minimum absolute atomic E-state index is 0. The number of halogens is 1. The van der Waals surface area contributed by atoms with Crippen molar-refractivity contribution in [3.05, 3.63) is 35.9 Å². The molecule has 2 heterocycles. The SMILES string of the molecule is CN=C(NCc1ccco1)NCc1nc(C)no1.I.